The smallest absolute Gasteiger partial charge is 0.308 e. The topological polar surface area (TPSA) is 82.9 Å². The first-order chi connectivity index (χ1) is 16.9. The number of nitrogens with zero attached hydrogens (tertiary/aromatic N) is 2. The van der Waals surface area contributed by atoms with Gasteiger partial charge >= 0.3 is 5.97 Å². The fourth-order valence-corrected chi connectivity index (χ4v) is 5.79. The molecule has 2 aromatic carbocycles. The van der Waals surface area contributed by atoms with Crippen LogP contribution >= 0.6 is 11.8 Å². The quantitative estimate of drug-likeness (QED) is 0.380. The van der Waals surface area contributed by atoms with Crippen molar-refractivity contribution in [3.05, 3.63) is 66.1 Å². The summed E-state index contributed by atoms with van der Waals surface area (Å²) in [6.45, 7) is 2.07. The van der Waals surface area contributed by atoms with E-state index in [-0.39, 0.29) is 11.7 Å². The van der Waals surface area contributed by atoms with E-state index in [1.54, 1.807) is 31.1 Å². The molecule has 1 aromatic heterocycles. The van der Waals surface area contributed by atoms with E-state index in [0.29, 0.717) is 25.1 Å². The number of aliphatic hydroxyl groups excluding tert-OH is 1. The van der Waals surface area contributed by atoms with Gasteiger partial charge in [0.2, 0.25) is 0 Å². The molecule has 0 saturated carbocycles. The Labute approximate surface area is 209 Å². The van der Waals surface area contributed by atoms with Crippen LogP contribution in [0.1, 0.15) is 30.9 Å². The Morgan fingerprint density at radius 3 is 2.91 bits per heavy atom. The van der Waals surface area contributed by atoms with Gasteiger partial charge in [-0.3, -0.25) is 9.78 Å². The fourth-order valence-electron chi connectivity index (χ4n) is 4.84. The van der Waals surface area contributed by atoms with Crippen LogP contribution in [0.15, 0.2) is 59.6 Å². The molecular formula is C27H31FN2O4S. The first-order valence-electron chi connectivity index (χ1n) is 11.9. The molecule has 3 atom stereocenters. The van der Waals surface area contributed by atoms with Crippen LogP contribution in [-0.2, 0) is 4.79 Å². The molecular weight excluding hydrogens is 467 g/mol. The van der Waals surface area contributed by atoms with Crippen LogP contribution in [0.25, 0.3) is 10.9 Å². The highest BCUT2D eigenvalue weighted by molar-refractivity contribution is 7.99. The van der Waals surface area contributed by atoms with Gasteiger partial charge in [-0.1, -0.05) is 6.07 Å². The number of aromatic nitrogens is 1. The standard InChI is InChI=1S/C27H31FN2O4S/c1-34-20-6-7-25-23(16-20)22(9-11-29-25)26(31)8-5-18-10-12-30(17-24(18)27(32)33)13-14-35-21-4-2-3-19(28)15-21/h2-4,6-7,9,11,15-16,18,24,26,31H,5,8,10,12-14,17H2,1H3,(H,32,33)/t18-,24+,26+/m1/s1. The van der Waals surface area contributed by atoms with Crippen molar-refractivity contribution < 1.29 is 24.1 Å². The first-order valence-corrected chi connectivity index (χ1v) is 12.9. The predicted octanol–water partition coefficient (Wildman–Crippen LogP) is 5.01. The van der Waals surface area contributed by atoms with Crippen LogP contribution in [-0.4, -0.2) is 58.6 Å². The second-order valence-electron chi connectivity index (χ2n) is 8.98. The highest BCUT2D eigenvalue weighted by atomic mass is 32.2. The summed E-state index contributed by atoms with van der Waals surface area (Å²) in [5.74, 6) is -0.0133. The summed E-state index contributed by atoms with van der Waals surface area (Å²) in [6, 6.07) is 13.9. The Morgan fingerprint density at radius 1 is 1.29 bits per heavy atom. The summed E-state index contributed by atoms with van der Waals surface area (Å²) in [4.78, 5) is 19.5. The van der Waals surface area contributed by atoms with Crippen molar-refractivity contribution in [2.45, 2.75) is 30.3 Å². The van der Waals surface area contributed by atoms with Crippen molar-refractivity contribution >= 4 is 28.6 Å². The zero-order valence-corrected chi connectivity index (χ0v) is 20.6. The van der Waals surface area contributed by atoms with Crippen LogP contribution < -0.4 is 4.74 Å². The van der Waals surface area contributed by atoms with E-state index in [1.807, 2.05) is 30.3 Å². The number of carbonyl (C=O) groups is 1. The second kappa shape index (κ2) is 11.8. The molecule has 6 nitrogen and oxygen atoms in total. The van der Waals surface area contributed by atoms with Gasteiger partial charge in [-0.15, -0.1) is 11.8 Å². The molecule has 35 heavy (non-hydrogen) atoms. The highest BCUT2D eigenvalue weighted by Gasteiger charge is 2.34. The van der Waals surface area contributed by atoms with Gasteiger partial charge in [-0.25, -0.2) is 4.39 Å². The molecule has 1 fully saturated rings. The molecule has 3 aromatic rings. The third-order valence-electron chi connectivity index (χ3n) is 6.78. The van der Waals surface area contributed by atoms with Gasteiger partial charge in [-0.2, -0.15) is 0 Å². The molecule has 2 N–H and O–H groups in total. The van der Waals surface area contributed by atoms with E-state index >= 15 is 0 Å². The van der Waals surface area contributed by atoms with E-state index in [9.17, 15) is 19.4 Å². The molecule has 8 heteroatoms. The molecule has 0 radical (unpaired) electrons. The second-order valence-corrected chi connectivity index (χ2v) is 10.1. The molecule has 0 unspecified atom stereocenters. The number of methoxy groups -OCH3 is 1. The summed E-state index contributed by atoms with van der Waals surface area (Å²) in [7, 11) is 1.60. The average molecular weight is 499 g/mol. The normalized spacial score (nSPS) is 19.5. The zero-order chi connectivity index (χ0) is 24.8. The Balaban J connectivity index is 1.33. The molecule has 4 rings (SSSR count). The molecule has 1 aliphatic rings. The number of ether oxygens (including phenoxy) is 1. The van der Waals surface area contributed by atoms with Crippen molar-refractivity contribution in [2.75, 3.05) is 32.5 Å². The fraction of sp³-hybridized carbons (Fsp3) is 0.407. The monoisotopic (exact) mass is 498 g/mol. The van der Waals surface area contributed by atoms with Crippen molar-refractivity contribution in [2.24, 2.45) is 11.8 Å². The summed E-state index contributed by atoms with van der Waals surface area (Å²) >= 11 is 1.58. The van der Waals surface area contributed by atoms with Gasteiger partial charge in [0.15, 0.2) is 0 Å². The van der Waals surface area contributed by atoms with E-state index in [1.165, 1.54) is 12.1 Å². The van der Waals surface area contributed by atoms with Crippen molar-refractivity contribution in [1.29, 1.82) is 0 Å². The number of carboxylic acids is 1. The van der Waals surface area contributed by atoms with Crippen molar-refractivity contribution in [3.8, 4) is 5.75 Å². The maximum absolute atomic E-state index is 13.4. The predicted molar refractivity (Wildman–Crippen MR) is 135 cm³/mol. The SMILES string of the molecule is COc1ccc2nccc([C@@H](O)CC[C@@H]3CCN(CCSc4cccc(F)c4)C[C@@H]3C(=O)O)c2c1. The number of aliphatic hydroxyl groups is 1. The molecule has 2 heterocycles. The van der Waals surface area contributed by atoms with Crippen LogP contribution in [0, 0.1) is 17.7 Å². The number of likely N-dealkylation sites (tertiary alicyclic amines) is 1. The van der Waals surface area contributed by atoms with Gasteiger partial charge in [0.05, 0.1) is 24.6 Å². The summed E-state index contributed by atoms with van der Waals surface area (Å²) in [6.07, 6.45) is 2.88. The summed E-state index contributed by atoms with van der Waals surface area (Å²) in [5.41, 5.74) is 1.57. The van der Waals surface area contributed by atoms with E-state index in [2.05, 4.69) is 9.88 Å². The number of hydrogen-bond donors (Lipinski definition) is 2. The molecule has 0 bridgehead atoms. The van der Waals surface area contributed by atoms with Gasteiger partial charge < -0.3 is 19.8 Å². The first kappa shape index (κ1) is 25.4. The number of thioether (sulfide) groups is 1. The molecule has 0 aliphatic carbocycles. The lowest BCUT2D eigenvalue weighted by Crippen LogP contribution is -2.44. The Hall–Kier alpha value is -2.68. The van der Waals surface area contributed by atoms with E-state index in [4.69, 9.17) is 4.74 Å². The van der Waals surface area contributed by atoms with Gasteiger partial charge in [0.25, 0.3) is 0 Å². The maximum atomic E-state index is 13.4. The minimum atomic E-state index is -0.786. The number of rotatable bonds is 10. The number of aliphatic carboxylic acids is 1. The molecule has 1 saturated heterocycles. The van der Waals surface area contributed by atoms with E-state index < -0.39 is 18.0 Å². The third kappa shape index (κ3) is 6.51. The summed E-state index contributed by atoms with van der Waals surface area (Å²) in [5, 5.41) is 21.7. The highest BCUT2D eigenvalue weighted by Crippen LogP contribution is 2.34. The minimum absolute atomic E-state index is 0.0110. The number of piperidine rings is 1. The van der Waals surface area contributed by atoms with E-state index in [0.717, 1.165) is 46.6 Å². The third-order valence-corrected chi connectivity index (χ3v) is 7.76. The van der Waals surface area contributed by atoms with Gasteiger partial charge in [0, 0.05) is 35.3 Å². The maximum Gasteiger partial charge on any atom is 0.308 e. The Morgan fingerprint density at radius 2 is 2.14 bits per heavy atom. The molecule has 1 aliphatic heterocycles. The number of fused-ring (bicyclic) bond motifs is 1. The number of hydrogen-bond acceptors (Lipinski definition) is 6. The Kier molecular flexibility index (Phi) is 8.59. The lowest BCUT2D eigenvalue weighted by atomic mass is 9.81. The zero-order valence-electron chi connectivity index (χ0n) is 19.8. The molecule has 186 valence electrons. The van der Waals surface area contributed by atoms with Gasteiger partial charge in [0.1, 0.15) is 11.6 Å². The van der Waals surface area contributed by atoms with Crippen LogP contribution in [0.2, 0.25) is 0 Å². The lowest BCUT2D eigenvalue weighted by Gasteiger charge is -2.37. The Bertz CT molecular complexity index is 1160. The van der Waals surface area contributed by atoms with Crippen LogP contribution in [0.4, 0.5) is 4.39 Å². The average Bonchev–Trinajstić information content (AvgIpc) is 2.87. The summed E-state index contributed by atoms with van der Waals surface area (Å²) < 4.78 is 18.7. The number of carboxylic acid groups (broad SMARTS) is 1. The van der Waals surface area contributed by atoms with Crippen LogP contribution in [0.5, 0.6) is 5.75 Å². The minimum Gasteiger partial charge on any atom is -0.497 e. The number of halogens is 1. The molecule has 0 amide bonds. The molecule has 0 spiro atoms. The van der Waals surface area contributed by atoms with Gasteiger partial charge in [-0.05, 0) is 79.8 Å². The largest absolute Gasteiger partial charge is 0.497 e. The lowest BCUT2D eigenvalue weighted by molar-refractivity contribution is -0.146. The van der Waals surface area contributed by atoms with Crippen LogP contribution in [0.3, 0.4) is 0 Å². The van der Waals surface area contributed by atoms with Crippen molar-refractivity contribution in [3.63, 3.8) is 0 Å². The number of benzene rings is 2. The number of pyridine rings is 1. The van der Waals surface area contributed by atoms with Crippen molar-refractivity contribution in [1.82, 2.24) is 9.88 Å².